The molecule has 1 aromatic rings. The van der Waals surface area contributed by atoms with Crippen molar-refractivity contribution in [3.8, 4) is 5.75 Å². The Hall–Kier alpha value is -0.500. The lowest BCUT2D eigenvalue weighted by molar-refractivity contribution is 0.475. The Morgan fingerprint density at radius 3 is 2.20 bits per heavy atom. The molecule has 1 heterocycles. The molecule has 0 aliphatic rings. The molecule has 0 aromatic carbocycles. The van der Waals surface area contributed by atoms with E-state index >= 15 is 0 Å². The summed E-state index contributed by atoms with van der Waals surface area (Å²) in [6.07, 6.45) is 0. The molecular weight excluding hydrogens is 144 g/mol. The van der Waals surface area contributed by atoms with Crippen LogP contribution in [0.1, 0.15) is 25.6 Å². The highest BCUT2D eigenvalue weighted by atomic mass is 32.1. The topological polar surface area (TPSA) is 20.2 Å². The fourth-order valence-corrected chi connectivity index (χ4v) is 1.58. The Balaban J connectivity index is 2.96. The van der Waals surface area contributed by atoms with Crippen LogP contribution in [0.15, 0.2) is 11.4 Å². The molecule has 0 spiro atoms. The Morgan fingerprint density at radius 1 is 1.40 bits per heavy atom. The van der Waals surface area contributed by atoms with E-state index in [0.29, 0.717) is 5.75 Å². The highest BCUT2D eigenvalue weighted by Gasteiger charge is 2.15. The number of thiophene rings is 1. The van der Waals surface area contributed by atoms with E-state index in [2.05, 4.69) is 20.8 Å². The average molecular weight is 156 g/mol. The van der Waals surface area contributed by atoms with Gasteiger partial charge in [-0.1, -0.05) is 20.8 Å². The Labute approximate surface area is 65.3 Å². The molecule has 1 rings (SSSR count). The average Bonchev–Trinajstić information content (AvgIpc) is 2.11. The van der Waals surface area contributed by atoms with Crippen LogP contribution in [0.2, 0.25) is 0 Å². The molecule has 0 bridgehead atoms. The summed E-state index contributed by atoms with van der Waals surface area (Å²) in [6.45, 7) is 6.41. The van der Waals surface area contributed by atoms with Crippen molar-refractivity contribution >= 4 is 11.3 Å². The second-order valence-corrected chi connectivity index (χ2v) is 4.33. The van der Waals surface area contributed by atoms with Crippen LogP contribution in [0, 0.1) is 0 Å². The number of aromatic hydroxyl groups is 1. The molecule has 0 unspecified atom stereocenters. The van der Waals surface area contributed by atoms with Crippen molar-refractivity contribution in [3.05, 3.63) is 16.3 Å². The van der Waals surface area contributed by atoms with Gasteiger partial charge in [0.15, 0.2) is 0 Å². The van der Waals surface area contributed by atoms with Crippen molar-refractivity contribution in [2.45, 2.75) is 26.2 Å². The van der Waals surface area contributed by atoms with Crippen LogP contribution in [-0.4, -0.2) is 5.11 Å². The summed E-state index contributed by atoms with van der Waals surface area (Å²) in [5.41, 5.74) is 0.172. The van der Waals surface area contributed by atoms with Crippen LogP contribution in [0.3, 0.4) is 0 Å². The third-order valence-electron chi connectivity index (χ3n) is 1.32. The summed E-state index contributed by atoms with van der Waals surface area (Å²) in [4.78, 5) is 1.23. The van der Waals surface area contributed by atoms with Crippen LogP contribution in [0.4, 0.5) is 0 Å². The van der Waals surface area contributed by atoms with Gasteiger partial charge in [-0.3, -0.25) is 0 Å². The molecule has 10 heavy (non-hydrogen) atoms. The van der Waals surface area contributed by atoms with Crippen LogP contribution >= 0.6 is 11.3 Å². The largest absolute Gasteiger partial charge is 0.507 e. The summed E-state index contributed by atoms with van der Waals surface area (Å²) in [5, 5.41) is 10.8. The SMILES string of the molecule is CC(C)(C)c1cc(O)cs1. The van der Waals surface area contributed by atoms with Crippen LogP contribution in [0.5, 0.6) is 5.75 Å². The van der Waals surface area contributed by atoms with Gasteiger partial charge in [-0.05, 0) is 11.5 Å². The molecule has 0 saturated carbocycles. The predicted molar refractivity (Wildman–Crippen MR) is 44.7 cm³/mol. The molecule has 0 radical (unpaired) electrons. The second kappa shape index (κ2) is 2.27. The first-order valence-corrected chi connectivity index (χ1v) is 4.16. The fraction of sp³-hybridized carbons (Fsp3) is 0.500. The Bertz CT molecular complexity index is 219. The van der Waals surface area contributed by atoms with E-state index < -0.39 is 0 Å². The zero-order valence-corrected chi connectivity index (χ0v) is 7.33. The first-order valence-electron chi connectivity index (χ1n) is 3.28. The first kappa shape index (κ1) is 7.61. The number of hydrogen-bond acceptors (Lipinski definition) is 2. The Kier molecular flexibility index (Phi) is 1.73. The van der Waals surface area contributed by atoms with Crippen molar-refractivity contribution in [3.63, 3.8) is 0 Å². The fourth-order valence-electron chi connectivity index (χ4n) is 0.719. The molecule has 0 fully saturated rings. The molecule has 1 aromatic heterocycles. The van der Waals surface area contributed by atoms with Gasteiger partial charge in [0.05, 0.1) is 0 Å². The monoisotopic (exact) mass is 156 g/mol. The minimum atomic E-state index is 0.172. The van der Waals surface area contributed by atoms with Gasteiger partial charge >= 0.3 is 0 Å². The molecule has 2 heteroatoms. The minimum absolute atomic E-state index is 0.172. The molecule has 0 amide bonds. The smallest absolute Gasteiger partial charge is 0.126 e. The molecule has 0 saturated heterocycles. The van der Waals surface area contributed by atoms with Crippen LogP contribution in [0.25, 0.3) is 0 Å². The zero-order valence-electron chi connectivity index (χ0n) is 6.51. The lowest BCUT2D eigenvalue weighted by Gasteiger charge is -2.14. The lowest BCUT2D eigenvalue weighted by Crippen LogP contribution is -2.07. The van der Waals surface area contributed by atoms with Crippen molar-refractivity contribution in [1.29, 1.82) is 0 Å². The minimum Gasteiger partial charge on any atom is -0.507 e. The van der Waals surface area contributed by atoms with Crippen molar-refractivity contribution in [2.24, 2.45) is 0 Å². The molecular formula is C8H12OS. The van der Waals surface area contributed by atoms with Crippen molar-refractivity contribution in [2.75, 3.05) is 0 Å². The highest BCUT2D eigenvalue weighted by molar-refractivity contribution is 7.10. The zero-order chi connectivity index (χ0) is 7.78. The van der Waals surface area contributed by atoms with Gasteiger partial charge in [-0.25, -0.2) is 0 Å². The number of rotatable bonds is 0. The van der Waals surface area contributed by atoms with Crippen LogP contribution in [-0.2, 0) is 5.41 Å². The molecule has 1 nitrogen and oxygen atoms in total. The van der Waals surface area contributed by atoms with E-state index in [9.17, 15) is 0 Å². The van der Waals surface area contributed by atoms with E-state index in [1.165, 1.54) is 4.88 Å². The maximum atomic E-state index is 9.03. The van der Waals surface area contributed by atoms with Gasteiger partial charge in [-0.2, -0.15) is 0 Å². The summed E-state index contributed by atoms with van der Waals surface area (Å²) in [7, 11) is 0. The van der Waals surface area contributed by atoms with Gasteiger partial charge in [0.1, 0.15) is 5.75 Å². The number of hydrogen-bond donors (Lipinski definition) is 1. The van der Waals surface area contributed by atoms with E-state index in [-0.39, 0.29) is 5.41 Å². The predicted octanol–water partition coefficient (Wildman–Crippen LogP) is 2.75. The van der Waals surface area contributed by atoms with Crippen molar-refractivity contribution in [1.82, 2.24) is 0 Å². The van der Waals surface area contributed by atoms with Gasteiger partial charge in [0.25, 0.3) is 0 Å². The van der Waals surface area contributed by atoms with Gasteiger partial charge in [0.2, 0.25) is 0 Å². The molecule has 1 N–H and O–H groups in total. The first-order chi connectivity index (χ1) is 4.50. The molecule has 0 aliphatic carbocycles. The second-order valence-electron chi connectivity index (χ2n) is 3.42. The molecule has 56 valence electrons. The maximum Gasteiger partial charge on any atom is 0.126 e. The van der Waals surface area contributed by atoms with Gasteiger partial charge in [0, 0.05) is 10.3 Å². The third kappa shape index (κ3) is 1.51. The van der Waals surface area contributed by atoms with E-state index in [4.69, 9.17) is 5.11 Å². The molecule has 0 atom stereocenters. The standard InChI is InChI=1S/C8H12OS/c1-8(2,3)7-4-6(9)5-10-7/h4-5,9H,1-3H3. The third-order valence-corrected chi connectivity index (χ3v) is 2.67. The van der Waals surface area contributed by atoms with Gasteiger partial charge in [-0.15, -0.1) is 11.3 Å². The van der Waals surface area contributed by atoms with Gasteiger partial charge < -0.3 is 5.11 Å². The normalized spacial score (nSPS) is 11.9. The van der Waals surface area contributed by atoms with Crippen LogP contribution < -0.4 is 0 Å². The van der Waals surface area contributed by atoms with E-state index in [0.717, 1.165) is 0 Å². The Morgan fingerprint density at radius 2 is 2.00 bits per heavy atom. The summed E-state index contributed by atoms with van der Waals surface area (Å²) in [5.74, 6) is 0.384. The summed E-state index contributed by atoms with van der Waals surface area (Å²) in [6, 6.07) is 1.82. The summed E-state index contributed by atoms with van der Waals surface area (Å²) >= 11 is 1.61. The van der Waals surface area contributed by atoms with E-state index in [1.54, 1.807) is 16.7 Å². The van der Waals surface area contributed by atoms with E-state index in [1.807, 2.05) is 6.07 Å². The quantitative estimate of drug-likeness (QED) is 0.612. The lowest BCUT2D eigenvalue weighted by atomic mass is 9.95. The summed E-state index contributed by atoms with van der Waals surface area (Å²) < 4.78 is 0. The molecule has 0 aliphatic heterocycles. The maximum absolute atomic E-state index is 9.03. The highest BCUT2D eigenvalue weighted by Crippen LogP contribution is 2.30. The van der Waals surface area contributed by atoms with Crippen molar-refractivity contribution < 1.29 is 5.11 Å².